The number of hydrogen-bond donors (Lipinski definition) is 4. The third-order valence-electron chi connectivity index (χ3n) is 6.70. The molecule has 4 aromatic rings. The van der Waals surface area contributed by atoms with E-state index in [0.717, 1.165) is 42.1 Å². The molecular formula is C29H28BrClN6O2. The molecule has 200 valence electrons. The first-order valence-corrected chi connectivity index (χ1v) is 14.3. The molecule has 0 unspecified atom stereocenters. The van der Waals surface area contributed by atoms with Gasteiger partial charge in [0.15, 0.2) is 0 Å². The monoisotopic (exact) mass is 606 g/mol. The number of nitrogens with zero attached hydrogens (tertiary/aromatic N) is 2. The minimum Gasteiger partial charge on any atom is -0.360 e. The second kappa shape index (κ2) is 12.4. The van der Waals surface area contributed by atoms with Gasteiger partial charge in [0.05, 0.1) is 16.9 Å². The molecule has 2 aromatic heterocycles. The normalized spacial score (nSPS) is 17.3. The number of H-pyrrole nitrogens is 1. The first kappa shape index (κ1) is 26.9. The highest BCUT2D eigenvalue weighted by Gasteiger charge is 2.25. The molecule has 0 bridgehead atoms. The molecule has 1 saturated carbocycles. The van der Waals surface area contributed by atoms with Crippen LogP contribution in [0.2, 0.25) is 5.02 Å². The molecule has 8 nitrogen and oxygen atoms in total. The Bertz CT molecular complexity index is 1500. The van der Waals surface area contributed by atoms with Gasteiger partial charge < -0.3 is 20.9 Å². The Morgan fingerprint density at radius 3 is 2.72 bits per heavy atom. The fourth-order valence-corrected chi connectivity index (χ4v) is 5.22. The Morgan fingerprint density at radius 1 is 1.10 bits per heavy atom. The van der Waals surface area contributed by atoms with E-state index in [1.807, 2.05) is 30.5 Å². The summed E-state index contributed by atoms with van der Waals surface area (Å²) in [5.74, 6) is 0.160. The Morgan fingerprint density at radius 2 is 1.90 bits per heavy atom. The van der Waals surface area contributed by atoms with Crippen LogP contribution in [0, 0.1) is 0 Å². The van der Waals surface area contributed by atoms with Gasteiger partial charge in [-0.25, -0.2) is 9.97 Å². The molecular weight excluding hydrogens is 580 g/mol. The first-order valence-electron chi connectivity index (χ1n) is 12.8. The summed E-state index contributed by atoms with van der Waals surface area (Å²) in [6.45, 7) is 0. The van der Waals surface area contributed by atoms with Crippen LogP contribution in [0.3, 0.4) is 0 Å². The van der Waals surface area contributed by atoms with Gasteiger partial charge in [-0.05, 0) is 56.0 Å². The van der Waals surface area contributed by atoms with Crippen LogP contribution in [0.4, 0.5) is 11.6 Å². The molecule has 5 rings (SSSR count). The molecule has 0 aliphatic heterocycles. The number of fused-ring (bicyclic) bond motifs is 1. The van der Waals surface area contributed by atoms with Crippen molar-refractivity contribution in [2.45, 2.75) is 37.8 Å². The quantitative estimate of drug-likeness (QED) is 0.138. The number of halogens is 2. The molecule has 2 aromatic carbocycles. The second-order valence-electron chi connectivity index (χ2n) is 9.44. The summed E-state index contributed by atoms with van der Waals surface area (Å²) < 4.78 is 0. The lowest BCUT2D eigenvalue weighted by Gasteiger charge is -2.30. The van der Waals surface area contributed by atoms with E-state index < -0.39 is 0 Å². The first-order chi connectivity index (χ1) is 19.0. The van der Waals surface area contributed by atoms with Crippen molar-refractivity contribution in [2.24, 2.45) is 0 Å². The van der Waals surface area contributed by atoms with Gasteiger partial charge in [0.25, 0.3) is 5.91 Å². The minimum absolute atomic E-state index is 0.0258. The summed E-state index contributed by atoms with van der Waals surface area (Å²) >= 11 is 9.73. The van der Waals surface area contributed by atoms with Crippen LogP contribution in [0.1, 0.15) is 36.0 Å². The predicted molar refractivity (Wildman–Crippen MR) is 159 cm³/mol. The molecule has 2 heterocycles. The molecule has 2 atom stereocenters. The van der Waals surface area contributed by atoms with Gasteiger partial charge in [-0.3, -0.25) is 9.59 Å². The number of nitrogens with one attached hydrogen (secondary N) is 4. The van der Waals surface area contributed by atoms with Gasteiger partial charge in [0, 0.05) is 57.4 Å². The van der Waals surface area contributed by atoms with Crippen molar-refractivity contribution in [3.05, 3.63) is 83.7 Å². The highest BCUT2D eigenvalue weighted by molar-refractivity contribution is 9.09. The third-order valence-corrected chi connectivity index (χ3v) is 7.35. The second-order valence-corrected chi connectivity index (χ2v) is 10.5. The molecule has 0 spiro atoms. The third kappa shape index (κ3) is 6.66. The Labute approximate surface area is 239 Å². The van der Waals surface area contributed by atoms with E-state index in [1.54, 1.807) is 36.5 Å². The predicted octanol–water partition coefficient (Wildman–Crippen LogP) is 6.32. The molecule has 1 aliphatic carbocycles. The van der Waals surface area contributed by atoms with Crippen molar-refractivity contribution in [3.8, 4) is 11.3 Å². The zero-order valence-electron chi connectivity index (χ0n) is 21.1. The van der Waals surface area contributed by atoms with Gasteiger partial charge in [0.2, 0.25) is 11.9 Å². The molecule has 1 fully saturated rings. The van der Waals surface area contributed by atoms with Crippen LogP contribution >= 0.6 is 27.5 Å². The SMILES string of the molecule is O=C(/C=C/CBr)Nc1ccc(C(=O)N[C@H]2CCC[C@@H](Nc3ncc(Cl)c(-c4c[nH]c5ccccc45)n3)C2)cc1. The number of para-hydroxylation sites is 1. The number of aromatic amines is 1. The number of carbonyl (C=O) groups excluding carboxylic acids is 2. The summed E-state index contributed by atoms with van der Waals surface area (Å²) in [6.07, 6.45) is 10.3. The van der Waals surface area contributed by atoms with Crippen LogP contribution in [0.5, 0.6) is 0 Å². The number of carbonyl (C=O) groups is 2. The maximum atomic E-state index is 12.9. The summed E-state index contributed by atoms with van der Waals surface area (Å²) in [7, 11) is 0. The van der Waals surface area contributed by atoms with Gasteiger partial charge in [0.1, 0.15) is 0 Å². The average Bonchev–Trinajstić information content (AvgIpc) is 3.37. The number of alkyl halides is 1. The lowest BCUT2D eigenvalue weighted by atomic mass is 9.91. The molecule has 0 saturated heterocycles. The fourth-order valence-electron chi connectivity index (χ4n) is 4.84. The number of anilines is 2. The summed E-state index contributed by atoms with van der Waals surface area (Å²) in [4.78, 5) is 37.2. The number of amides is 2. The molecule has 39 heavy (non-hydrogen) atoms. The largest absolute Gasteiger partial charge is 0.360 e. The van der Waals surface area contributed by atoms with Gasteiger partial charge in [-0.2, -0.15) is 0 Å². The summed E-state index contributed by atoms with van der Waals surface area (Å²) in [5, 5.41) is 11.5. The van der Waals surface area contributed by atoms with Crippen LogP contribution in [-0.2, 0) is 4.79 Å². The van der Waals surface area contributed by atoms with Crippen molar-refractivity contribution in [2.75, 3.05) is 16.0 Å². The minimum atomic E-state index is -0.217. The van der Waals surface area contributed by atoms with E-state index in [1.165, 1.54) is 6.08 Å². The highest BCUT2D eigenvalue weighted by atomic mass is 79.9. The molecule has 0 radical (unpaired) electrons. The van der Waals surface area contributed by atoms with E-state index in [9.17, 15) is 9.59 Å². The Balaban J connectivity index is 1.20. The summed E-state index contributed by atoms with van der Waals surface area (Å²) in [5.41, 5.74) is 3.79. The lowest BCUT2D eigenvalue weighted by molar-refractivity contribution is -0.111. The number of hydrogen-bond acceptors (Lipinski definition) is 5. The van der Waals surface area contributed by atoms with Crippen LogP contribution in [-0.4, -0.2) is 44.2 Å². The zero-order chi connectivity index (χ0) is 27.2. The molecule has 1 aliphatic rings. The average molecular weight is 608 g/mol. The van der Waals surface area contributed by atoms with E-state index in [0.29, 0.717) is 33.2 Å². The van der Waals surface area contributed by atoms with Crippen LogP contribution in [0.15, 0.2) is 73.1 Å². The van der Waals surface area contributed by atoms with E-state index in [2.05, 4.69) is 41.8 Å². The topological polar surface area (TPSA) is 112 Å². The Kier molecular flexibility index (Phi) is 8.58. The lowest BCUT2D eigenvalue weighted by Crippen LogP contribution is -2.42. The van der Waals surface area contributed by atoms with Gasteiger partial charge in [-0.1, -0.05) is 51.8 Å². The van der Waals surface area contributed by atoms with E-state index in [-0.39, 0.29) is 23.9 Å². The highest BCUT2D eigenvalue weighted by Crippen LogP contribution is 2.32. The molecule has 10 heteroatoms. The van der Waals surface area contributed by atoms with Crippen molar-refractivity contribution >= 4 is 61.9 Å². The van der Waals surface area contributed by atoms with Crippen molar-refractivity contribution in [3.63, 3.8) is 0 Å². The Hall–Kier alpha value is -3.69. The molecule has 4 N–H and O–H groups in total. The van der Waals surface area contributed by atoms with Gasteiger partial charge >= 0.3 is 0 Å². The molecule has 2 amide bonds. The smallest absolute Gasteiger partial charge is 0.251 e. The van der Waals surface area contributed by atoms with Crippen molar-refractivity contribution < 1.29 is 9.59 Å². The summed E-state index contributed by atoms with van der Waals surface area (Å²) in [6, 6.07) is 15.0. The van der Waals surface area contributed by atoms with E-state index in [4.69, 9.17) is 16.6 Å². The fraction of sp³-hybridized carbons (Fsp3) is 0.241. The number of rotatable bonds is 8. The van der Waals surface area contributed by atoms with Crippen LogP contribution in [0.25, 0.3) is 22.2 Å². The van der Waals surface area contributed by atoms with Crippen molar-refractivity contribution in [1.82, 2.24) is 20.3 Å². The number of allylic oxidation sites excluding steroid dienone is 1. The zero-order valence-corrected chi connectivity index (χ0v) is 23.4. The van der Waals surface area contributed by atoms with E-state index >= 15 is 0 Å². The number of aromatic nitrogens is 3. The standard InChI is InChI=1S/C29H28BrClN6O2/c30-14-4-9-26(38)34-19-12-10-18(11-13-19)28(39)35-20-5-3-6-21(15-20)36-29-33-17-24(31)27(37-29)23-16-32-25-8-2-1-7-22(23)25/h1-2,4,7-13,16-17,20-21,32H,3,5-6,14-15H2,(H,34,38)(H,35,39)(H,33,36,37)/b9-4+/t20-,21+/m0/s1. The maximum Gasteiger partial charge on any atom is 0.251 e. The van der Waals surface area contributed by atoms with Crippen molar-refractivity contribution in [1.29, 1.82) is 0 Å². The maximum absolute atomic E-state index is 12.9. The number of benzene rings is 2. The van der Waals surface area contributed by atoms with Crippen LogP contribution < -0.4 is 16.0 Å². The van der Waals surface area contributed by atoms with Gasteiger partial charge in [-0.15, -0.1) is 0 Å².